The monoisotopic (exact) mass is 275 g/mol. The number of alkyl halides is 3. The first-order valence-electron chi connectivity index (χ1n) is 5.68. The molecule has 0 aromatic carbocycles. The molecule has 0 saturated heterocycles. The summed E-state index contributed by atoms with van der Waals surface area (Å²) in [6.07, 6.45) is -0.914. The fourth-order valence-corrected chi connectivity index (χ4v) is 1.58. The third-order valence-electron chi connectivity index (χ3n) is 2.34. The van der Waals surface area contributed by atoms with Gasteiger partial charge >= 0.3 is 6.18 Å². The Morgan fingerprint density at radius 3 is 2.42 bits per heavy atom. The first kappa shape index (κ1) is 15.3. The smallest absolute Gasteiger partial charge is 0.383 e. The number of allylic oxidation sites excluding steroid dienone is 1. The normalized spacial score (nSPS) is 12.4. The number of nitrogens with zero attached hydrogens (tertiary/aromatic N) is 3. The quantitative estimate of drug-likeness (QED) is 0.626. The van der Waals surface area contributed by atoms with Gasteiger partial charge in [-0.1, -0.05) is 0 Å². The van der Waals surface area contributed by atoms with Crippen molar-refractivity contribution in [3.05, 3.63) is 30.0 Å². The van der Waals surface area contributed by atoms with Crippen molar-refractivity contribution in [3.8, 4) is 0 Å². The molecular weight excluding hydrogens is 259 g/mol. The molecule has 0 fully saturated rings. The highest BCUT2D eigenvalue weighted by molar-refractivity contribution is 6.03. The van der Waals surface area contributed by atoms with Gasteiger partial charge in [-0.25, -0.2) is 4.98 Å². The van der Waals surface area contributed by atoms with Gasteiger partial charge in [0.25, 0.3) is 0 Å². The maximum atomic E-state index is 12.8. The zero-order valence-electron chi connectivity index (χ0n) is 11.2. The van der Waals surface area contributed by atoms with Gasteiger partial charge in [0.05, 0.1) is 6.20 Å². The van der Waals surface area contributed by atoms with E-state index in [1.165, 1.54) is 12.3 Å². The van der Waals surface area contributed by atoms with E-state index in [-0.39, 0.29) is 5.69 Å². The highest BCUT2D eigenvalue weighted by Crippen LogP contribution is 2.31. The Morgan fingerprint density at radius 1 is 1.42 bits per heavy atom. The second-order valence-electron chi connectivity index (χ2n) is 4.57. The highest BCUT2D eigenvalue weighted by Gasteiger charge is 2.38. The van der Waals surface area contributed by atoms with Crippen molar-refractivity contribution < 1.29 is 18.0 Å². The number of halogens is 3. The van der Waals surface area contributed by atoms with Crippen molar-refractivity contribution in [1.29, 1.82) is 0 Å². The molecule has 1 heterocycles. The molecular formula is C12H16F3N3O. The van der Waals surface area contributed by atoms with E-state index >= 15 is 0 Å². The SMILES string of the molecule is CC(C)n1c(C(=O)C=CN(C)C)cnc1C(F)(F)F. The van der Waals surface area contributed by atoms with Gasteiger partial charge in [0.15, 0.2) is 0 Å². The predicted molar refractivity (Wildman–Crippen MR) is 64.8 cm³/mol. The molecule has 0 radical (unpaired) electrons. The lowest BCUT2D eigenvalue weighted by Gasteiger charge is -2.16. The van der Waals surface area contributed by atoms with E-state index < -0.39 is 23.8 Å². The third kappa shape index (κ3) is 3.59. The van der Waals surface area contributed by atoms with E-state index in [9.17, 15) is 18.0 Å². The van der Waals surface area contributed by atoms with Crippen molar-refractivity contribution >= 4 is 5.78 Å². The lowest BCUT2D eigenvalue weighted by atomic mass is 10.2. The molecule has 0 amide bonds. The molecule has 1 aromatic rings. The van der Waals surface area contributed by atoms with Gasteiger partial charge in [-0.15, -0.1) is 0 Å². The number of carbonyl (C=O) groups is 1. The molecule has 106 valence electrons. The summed E-state index contributed by atoms with van der Waals surface area (Å²) >= 11 is 0. The molecule has 1 aromatic heterocycles. The van der Waals surface area contributed by atoms with Crippen LogP contribution in [0, 0.1) is 0 Å². The Hall–Kier alpha value is -1.79. The number of ketones is 1. The van der Waals surface area contributed by atoms with Crippen LogP contribution in [-0.2, 0) is 6.18 Å². The summed E-state index contributed by atoms with van der Waals surface area (Å²) in [7, 11) is 3.43. The van der Waals surface area contributed by atoms with Crippen LogP contribution in [0.4, 0.5) is 13.2 Å². The fourth-order valence-electron chi connectivity index (χ4n) is 1.58. The molecule has 0 aliphatic carbocycles. The van der Waals surface area contributed by atoms with Crippen molar-refractivity contribution in [1.82, 2.24) is 14.5 Å². The zero-order chi connectivity index (χ0) is 14.8. The van der Waals surface area contributed by atoms with Crippen molar-refractivity contribution in [2.45, 2.75) is 26.1 Å². The van der Waals surface area contributed by atoms with E-state index in [1.54, 1.807) is 32.8 Å². The Kier molecular flexibility index (Phi) is 4.39. The minimum atomic E-state index is -4.58. The largest absolute Gasteiger partial charge is 0.449 e. The summed E-state index contributed by atoms with van der Waals surface area (Å²) in [4.78, 5) is 16.8. The van der Waals surface area contributed by atoms with Crippen molar-refractivity contribution in [3.63, 3.8) is 0 Å². The van der Waals surface area contributed by atoms with Gasteiger partial charge in [-0.05, 0) is 13.8 Å². The molecule has 0 atom stereocenters. The Morgan fingerprint density at radius 2 is 2.00 bits per heavy atom. The molecule has 0 aliphatic heterocycles. The molecule has 0 saturated carbocycles. The van der Waals surface area contributed by atoms with E-state index in [4.69, 9.17) is 0 Å². The van der Waals surface area contributed by atoms with Crippen molar-refractivity contribution in [2.75, 3.05) is 14.1 Å². The van der Waals surface area contributed by atoms with Gasteiger partial charge in [-0.3, -0.25) is 4.79 Å². The van der Waals surface area contributed by atoms with Gasteiger partial charge in [0.2, 0.25) is 11.6 Å². The first-order valence-corrected chi connectivity index (χ1v) is 5.68. The van der Waals surface area contributed by atoms with E-state index in [2.05, 4.69) is 4.98 Å². The van der Waals surface area contributed by atoms with E-state index in [0.29, 0.717) is 0 Å². The van der Waals surface area contributed by atoms with E-state index in [0.717, 1.165) is 10.8 Å². The lowest BCUT2D eigenvalue weighted by Crippen LogP contribution is -2.19. The zero-order valence-corrected chi connectivity index (χ0v) is 11.2. The second-order valence-corrected chi connectivity index (χ2v) is 4.57. The third-order valence-corrected chi connectivity index (χ3v) is 2.34. The number of hydrogen-bond acceptors (Lipinski definition) is 3. The van der Waals surface area contributed by atoms with Gasteiger partial charge in [0.1, 0.15) is 5.69 Å². The van der Waals surface area contributed by atoms with Crippen LogP contribution in [0.1, 0.15) is 36.2 Å². The molecule has 0 bridgehead atoms. The minimum absolute atomic E-state index is 0.0691. The molecule has 0 unspecified atom stereocenters. The topological polar surface area (TPSA) is 38.1 Å². The van der Waals surface area contributed by atoms with Crippen LogP contribution in [-0.4, -0.2) is 34.3 Å². The average molecular weight is 275 g/mol. The summed E-state index contributed by atoms with van der Waals surface area (Å²) in [6, 6.07) is -0.508. The van der Waals surface area contributed by atoms with Crippen molar-refractivity contribution in [2.24, 2.45) is 0 Å². The highest BCUT2D eigenvalue weighted by atomic mass is 19.4. The Balaban J connectivity index is 3.23. The van der Waals surface area contributed by atoms with Crippen LogP contribution >= 0.6 is 0 Å². The average Bonchev–Trinajstić information content (AvgIpc) is 2.69. The van der Waals surface area contributed by atoms with Crippen LogP contribution in [0.2, 0.25) is 0 Å². The minimum Gasteiger partial charge on any atom is -0.383 e. The van der Waals surface area contributed by atoms with Gasteiger partial charge in [0, 0.05) is 32.4 Å². The Bertz CT molecular complexity index is 487. The fraction of sp³-hybridized carbons (Fsp3) is 0.500. The van der Waals surface area contributed by atoms with E-state index in [1.807, 2.05) is 0 Å². The summed E-state index contributed by atoms with van der Waals surface area (Å²) in [5.41, 5.74) is -0.0691. The lowest BCUT2D eigenvalue weighted by molar-refractivity contribution is -0.147. The number of imidazole rings is 1. The maximum absolute atomic E-state index is 12.8. The molecule has 1 rings (SSSR count). The maximum Gasteiger partial charge on any atom is 0.449 e. The van der Waals surface area contributed by atoms with Crippen LogP contribution in [0.5, 0.6) is 0 Å². The first-order chi connectivity index (χ1) is 8.64. The van der Waals surface area contributed by atoms with Gasteiger partial charge in [-0.2, -0.15) is 13.2 Å². The summed E-state index contributed by atoms with van der Waals surface area (Å²) in [5.74, 6) is -1.56. The van der Waals surface area contributed by atoms with Crippen LogP contribution < -0.4 is 0 Å². The molecule has 4 nitrogen and oxygen atoms in total. The summed E-state index contributed by atoms with van der Waals surface area (Å²) in [5, 5.41) is 0. The van der Waals surface area contributed by atoms with Gasteiger partial charge < -0.3 is 9.47 Å². The molecule has 7 heteroatoms. The number of carbonyl (C=O) groups excluding carboxylic acids is 1. The molecule has 19 heavy (non-hydrogen) atoms. The number of rotatable bonds is 4. The van der Waals surface area contributed by atoms with Crippen LogP contribution in [0.25, 0.3) is 0 Å². The van der Waals surface area contributed by atoms with Crippen LogP contribution in [0.3, 0.4) is 0 Å². The molecule has 0 N–H and O–H groups in total. The second kappa shape index (κ2) is 5.46. The van der Waals surface area contributed by atoms with Crippen LogP contribution in [0.15, 0.2) is 18.5 Å². The summed E-state index contributed by atoms with van der Waals surface area (Å²) < 4.78 is 39.2. The number of hydrogen-bond donors (Lipinski definition) is 0. The standard InChI is InChI=1S/C12H16F3N3O/c1-8(2)18-9(10(19)5-6-17(3)4)7-16-11(18)12(13,14)15/h5-8H,1-4H3. The predicted octanol–water partition coefficient (Wildman–Crippen LogP) is 2.74. The number of aromatic nitrogens is 2. The summed E-state index contributed by atoms with van der Waals surface area (Å²) in [6.45, 7) is 3.15. The Labute approximate surface area is 109 Å². The molecule has 0 aliphatic rings. The molecule has 0 spiro atoms.